The second kappa shape index (κ2) is 6.57. The van der Waals surface area contributed by atoms with Gasteiger partial charge in [0.25, 0.3) is 0 Å². The Hall–Kier alpha value is -1.81. The zero-order valence-electron chi connectivity index (χ0n) is 12.5. The molecular formula is C16H23N3O. The molecule has 0 aliphatic rings. The number of rotatable bonds is 6. The second-order valence-corrected chi connectivity index (χ2v) is 5.44. The Labute approximate surface area is 120 Å². The number of benzene rings is 1. The van der Waals surface area contributed by atoms with Gasteiger partial charge in [-0.05, 0) is 30.2 Å². The van der Waals surface area contributed by atoms with E-state index in [1.54, 1.807) is 7.11 Å². The zero-order chi connectivity index (χ0) is 14.5. The first-order valence-corrected chi connectivity index (χ1v) is 7.00. The summed E-state index contributed by atoms with van der Waals surface area (Å²) in [4.78, 5) is 6.76. The van der Waals surface area contributed by atoms with Crippen LogP contribution in [-0.2, 0) is 4.74 Å². The van der Waals surface area contributed by atoms with Gasteiger partial charge >= 0.3 is 0 Å². The highest BCUT2D eigenvalue weighted by atomic mass is 16.5. The van der Waals surface area contributed by atoms with Crippen LogP contribution in [0.2, 0.25) is 0 Å². The first kappa shape index (κ1) is 14.6. The van der Waals surface area contributed by atoms with Crippen molar-refractivity contribution < 1.29 is 4.74 Å². The molecule has 0 aliphatic heterocycles. The maximum atomic E-state index is 5.84. The van der Waals surface area contributed by atoms with Gasteiger partial charge in [0.2, 0.25) is 0 Å². The fraction of sp³-hybridized carbons (Fsp3) is 0.438. The summed E-state index contributed by atoms with van der Waals surface area (Å²) in [5.41, 5.74) is 8.72. The molecule has 1 aromatic carbocycles. The number of methoxy groups -OCH3 is 1. The SMILES string of the molecule is COCCN(CC(C)C)c1ccnc2cc(N)ccc12. The molecule has 0 amide bonds. The van der Waals surface area contributed by atoms with Crippen LogP contribution in [-0.4, -0.2) is 31.8 Å². The molecule has 0 bridgehead atoms. The molecule has 0 atom stereocenters. The molecule has 2 aromatic rings. The van der Waals surface area contributed by atoms with Gasteiger partial charge in [-0.2, -0.15) is 0 Å². The maximum Gasteiger partial charge on any atom is 0.0743 e. The average molecular weight is 273 g/mol. The Morgan fingerprint density at radius 1 is 1.30 bits per heavy atom. The molecule has 108 valence electrons. The van der Waals surface area contributed by atoms with E-state index in [0.29, 0.717) is 12.5 Å². The molecule has 1 heterocycles. The van der Waals surface area contributed by atoms with E-state index in [4.69, 9.17) is 10.5 Å². The number of pyridine rings is 1. The zero-order valence-corrected chi connectivity index (χ0v) is 12.5. The largest absolute Gasteiger partial charge is 0.399 e. The normalized spacial score (nSPS) is 11.2. The number of ether oxygens (including phenoxy) is 1. The predicted molar refractivity (Wildman–Crippen MR) is 85.1 cm³/mol. The van der Waals surface area contributed by atoms with Crippen LogP contribution >= 0.6 is 0 Å². The van der Waals surface area contributed by atoms with Crippen LogP contribution in [0.5, 0.6) is 0 Å². The number of fused-ring (bicyclic) bond motifs is 1. The molecular weight excluding hydrogens is 250 g/mol. The van der Waals surface area contributed by atoms with E-state index in [1.807, 2.05) is 24.4 Å². The fourth-order valence-electron chi connectivity index (χ4n) is 2.38. The third-order valence-electron chi connectivity index (χ3n) is 3.24. The van der Waals surface area contributed by atoms with Crippen LogP contribution in [0.3, 0.4) is 0 Å². The van der Waals surface area contributed by atoms with Gasteiger partial charge in [-0.3, -0.25) is 4.98 Å². The van der Waals surface area contributed by atoms with Crippen LogP contribution < -0.4 is 10.6 Å². The van der Waals surface area contributed by atoms with Crippen molar-refractivity contribution in [1.82, 2.24) is 4.98 Å². The van der Waals surface area contributed by atoms with Crippen molar-refractivity contribution in [2.24, 2.45) is 5.92 Å². The number of hydrogen-bond acceptors (Lipinski definition) is 4. The van der Waals surface area contributed by atoms with Crippen molar-refractivity contribution in [2.75, 3.05) is 37.4 Å². The van der Waals surface area contributed by atoms with E-state index < -0.39 is 0 Å². The van der Waals surface area contributed by atoms with Crippen LogP contribution in [0.25, 0.3) is 10.9 Å². The minimum Gasteiger partial charge on any atom is -0.399 e. The summed E-state index contributed by atoms with van der Waals surface area (Å²) in [6.07, 6.45) is 1.84. The highest BCUT2D eigenvalue weighted by molar-refractivity contribution is 5.93. The summed E-state index contributed by atoms with van der Waals surface area (Å²) in [5.74, 6) is 0.587. The Morgan fingerprint density at radius 3 is 2.80 bits per heavy atom. The minimum absolute atomic E-state index is 0.587. The van der Waals surface area contributed by atoms with Crippen molar-refractivity contribution in [2.45, 2.75) is 13.8 Å². The lowest BCUT2D eigenvalue weighted by molar-refractivity contribution is 0.204. The van der Waals surface area contributed by atoms with Crippen LogP contribution in [0, 0.1) is 5.92 Å². The van der Waals surface area contributed by atoms with Crippen molar-refractivity contribution >= 4 is 22.3 Å². The molecule has 0 unspecified atom stereocenters. The standard InChI is InChI=1S/C16H23N3O/c1-12(2)11-19(8-9-20-3)16-6-7-18-15-10-13(17)4-5-14(15)16/h4-7,10,12H,8-9,11,17H2,1-3H3. The molecule has 1 aromatic heterocycles. The van der Waals surface area contributed by atoms with E-state index in [9.17, 15) is 0 Å². The van der Waals surface area contributed by atoms with Crippen molar-refractivity contribution in [3.8, 4) is 0 Å². The lowest BCUT2D eigenvalue weighted by atomic mass is 10.1. The smallest absolute Gasteiger partial charge is 0.0743 e. The summed E-state index contributed by atoms with van der Waals surface area (Å²) in [5, 5.41) is 1.14. The summed E-state index contributed by atoms with van der Waals surface area (Å²) in [7, 11) is 1.74. The Balaban J connectivity index is 2.41. The van der Waals surface area contributed by atoms with Crippen LogP contribution in [0.1, 0.15) is 13.8 Å². The highest BCUT2D eigenvalue weighted by Gasteiger charge is 2.12. The molecule has 2 rings (SSSR count). The van der Waals surface area contributed by atoms with Crippen molar-refractivity contribution in [3.63, 3.8) is 0 Å². The third-order valence-corrected chi connectivity index (χ3v) is 3.24. The van der Waals surface area contributed by atoms with E-state index in [2.05, 4.69) is 29.8 Å². The van der Waals surface area contributed by atoms with E-state index in [0.717, 1.165) is 29.7 Å². The van der Waals surface area contributed by atoms with Gasteiger partial charge in [-0.1, -0.05) is 13.8 Å². The van der Waals surface area contributed by atoms with Crippen molar-refractivity contribution in [1.29, 1.82) is 0 Å². The molecule has 0 spiro atoms. The van der Waals surface area contributed by atoms with Gasteiger partial charge in [-0.15, -0.1) is 0 Å². The maximum absolute atomic E-state index is 5.84. The topological polar surface area (TPSA) is 51.4 Å². The summed E-state index contributed by atoms with van der Waals surface area (Å²) >= 11 is 0. The number of nitrogens with zero attached hydrogens (tertiary/aromatic N) is 2. The van der Waals surface area contributed by atoms with Gasteiger partial charge in [0, 0.05) is 43.2 Å². The fourth-order valence-corrected chi connectivity index (χ4v) is 2.38. The van der Waals surface area contributed by atoms with Gasteiger partial charge in [-0.25, -0.2) is 0 Å². The Morgan fingerprint density at radius 2 is 2.10 bits per heavy atom. The molecule has 4 heteroatoms. The molecule has 4 nitrogen and oxygen atoms in total. The molecule has 0 saturated carbocycles. The lowest BCUT2D eigenvalue weighted by Gasteiger charge is -2.27. The van der Waals surface area contributed by atoms with Crippen molar-refractivity contribution in [3.05, 3.63) is 30.5 Å². The van der Waals surface area contributed by atoms with Gasteiger partial charge in [0.05, 0.1) is 12.1 Å². The first-order valence-electron chi connectivity index (χ1n) is 7.00. The average Bonchev–Trinajstić information content (AvgIpc) is 2.42. The van der Waals surface area contributed by atoms with Gasteiger partial charge in [0.15, 0.2) is 0 Å². The molecule has 0 radical (unpaired) electrons. The lowest BCUT2D eigenvalue weighted by Crippen LogP contribution is -2.31. The molecule has 2 N–H and O–H groups in total. The molecule has 20 heavy (non-hydrogen) atoms. The van der Waals surface area contributed by atoms with Gasteiger partial charge in [0.1, 0.15) is 0 Å². The molecule has 0 saturated heterocycles. The van der Waals surface area contributed by atoms with Crippen LogP contribution in [0.15, 0.2) is 30.5 Å². The number of hydrogen-bond donors (Lipinski definition) is 1. The summed E-state index contributed by atoms with van der Waals surface area (Å²) in [6, 6.07) is 7.96. The van der Waals surface area contributed by atoms with E-state index >= 15 is 0 Å². The Kier molecular flexibility index (Phi) is 4.79. The van der Waals surface area contributed by atoms with E-state index in [-0.39, 0.29) is 0 Å². The molecule has 0 aliphatic carbocycles. The summed E-state index contributed by atoms with van der Waals surface area (Å²) in [6.45, 7) is 7.03. The number of aromatic nitrogens is 1. The molecule has 0 fully saturated rings. The quantitative estimate of drug-likeness (QED) is 0.822. The van der Waals surface area contributed by atoms with Crippen LogP contribution in [0.4, 0.5) is 11.4 Å². The number of anilines is 2. The second-order valence-electron chi connectivity index (χ2n) is 5.44. The first-order chi connectivity index (χ1) is 9.61. The van der Waals surface area contributed by atoms with E-state index in [1.165, 1.54) is 5.69 Å². The third kappa shape index (κ3) is 3.39. The minimum atomic E-state index is 0.587. The monoisotopic (exact) mass is 273 g/mol. The number of nitrogen functional groups attached to an aromatic ring is 1. The summed E-state index contributed by atoms with van der Waals surface area (Å²) < 4.78 is 5.23. The number of nitrogens with two attached hydrogens (primary N) is 1. The highest BCUT2D eigenvalue weighted by Crippen LogP contribution is 2.27. The predicted octanol–water partition coefficient (Wildman–Crippen LogP) is 2.93. The Bertz CT molecular complexity index is 569. The van der Waals surface area contributed by atoms with Gasteiger partial charge < -0.3 is 15.4 Å².